The summed E-state index contributed by atoms with van der Waals surface area (Å²) in [6.07, 6.45) is 4.57. The Morgan fingerprint density at radius 2 is 2.00 bits per heavy atom. The molecule has 2 aromatic rings. The van der Waals surface area contributed by atoms with E-state index in [0.29, 0.717) is 20.6 Å². The molecule has 0 amide bonds. The maximum Gasteiger partial charge on any atom is 0.221 e. The predicted molar refractivity (Wildman–Crippen MR) is 93.9 cm³/mol. The first-order valence-electron chi connectivity index (χ1n) is 7.71. The molecule has 128 valence electrons. The second-order valence-corrected chi connectivity index (χ2v) is 7.29. The number of aliphatic hydroxyl groups excluding tert-OH is 1. The fraction of sp³-hybridized carbons (Fsp3) is 0.375. The Morgan fingerprint density at radius 1 is 1.25 bits per heavy atom. The largest absolute Gasteiger partial charge is 0.393 e. The Hall–Kier alpha value is -1.57. The van der Waals surface area contributed by atoms with Gasteiger partial charge in [-0.2, -0.15) is 4.98 Å². The van der Waals surface area contributed by atoms with Crippen molar-refractivity contribution in [2.24, 2.45) is 0 Å². The Kier molecular flexibility index (Phi) is 5.43. The fourth-order valence-electron chi connectivity index (χ4n) is 2.65. The zero-order valence-corrected chi connectivity index (χ0v) is 14.4. The van der Waals surface area contributed by atoms with Gasteiger partial charge in [-0.25, -0.2) is 9.37 Å². The Bertz CT molecular complexity index is 725. The van der Waals surface area contributed by atoms with Gasteiger partial charge >= 0.3 is 0 Å². The number of nitrogens with two attached hydrogens (primary N) is 1. The average molecular weight is 369 g/mol. The SMILES string of the molecule is Nc1ncc(Sc2ccc(Cl)cc2F)c(NC2CCC(O)CC2)n1. The highest BCUT2D eigenvalue weighted by atomic mass is 35.5. The molecule has 1 aliphatic carbocycles. The van der Waals surface area contributed by atoms with Crippen molar-refractivity contribution in [2.75, 3.05) is 11.1 Å². The molecule has 5 nitrogen and oxygen atoms in total. The molecule has 3 rings (SSSR count). The van der Waals surface area contributed by atoms with Crippen molar-refractivity contribution in [3.05, 3.63) is 35.2 Å². The van der Waals surface area contributed by atoms with Crippen LogP contribution in [0.2, 0.25) is 5.02 Å². The number of aliphatic hydroxyl groups is 1. The van der Waals surface area contributed by atoms with Crippen molar-refractivity contribution in [1.82, 2.24) is 9.97 Å². The first-order valence-corrected chi connectivity index (χ1v) is 8.90. The van der Waals surface area contributed by atoms with Gasteiger partial charge < -0.3 is 16.2 Å². The molecule has 8 heteroatoms. The highest BCUT2D eigenvalue weighted by molar-refractivity contribution is 7.99. The summed E-state index contributed by atoms with van der Waals surface area (Å²) in [6.45, 7) is 0. The Balaban J connectivity index is 1.80. The van der Waals surface area contributed by atoms with E-state index in [1.165, 1.54) is 17.8 Å². The third kappa shape index (κ3) is 4.28. The minimum atomic E-state index is -0.393. The second-order valence-electron chi connectivity index (χ2n) is 5.77. The normalized spacial score (nSPS) is 20.8. The number of nitrogen functional groups attached to an aromatic ring is 1. The average Bonchev–Trinajstić information content (AvgIpc) is 2.54. The van der Waals surface area contributed by atoms with Crippen molar-refractivity contribution in [3.8, 4) is 0 Å². The highest BCUT2D eigenvalue weighted by Gasteiger charge is 2.21. The van der Waals surface area contributed by atoms with Crippen LogP contribution in [-0.4, -0.2) is 27.2 Å². The molecule has 0 radical (unpaired) electrons. The molecule has 0 saturated heterocycles. The Labute approximate surface area is 148 Å². The lowest BCUT2D eigenvalue weighted by Gasteiger charge is -2.27. The van der Waals surface area contributed by atoms with Crippen molar-refractivity contribution in [3.63, 3.8) is 0 Å². The molecule has 1 heterocycles. The van der Waals surface area contributed by atoms with Gasteiger partial charge in [-0.1, -0.05) is 23.4 Å². The van der Waals surface area contributed by atoms with E-state index in [-0.39, 0.29) is 18.1 Å². The summed E-state index contributed by atoms with van der Waals surface area (Å²) in [5.41, 5.74) is 5.69. The number of nitrogens with zero attached hydrogens (tertiary/aromatic N) is 2. The number of benzene rings is 1. The third-order valence-electron chi connectivity index (χ3n) is 3.93. The summed E-state index contributed by atoms with van der Waals surface area (Å²) in [5.74, 6) is 0.355. The van der Waals surface area contributed by atoms with Crippen molar-refractivity contribution in [2.45, 2.75) is 47.6 Å². The van der Waals surface area contributed by atoms with Gasteiger partial charge in [0.2, 0.25) is 5.95 Å². The van der Waals surface area contributed by atoms with Crippen LogP contribution < -0.4 is 11.1 Å². The molecule has 0 unspecified atom stereocenters. The summed E-state index contributed by atoms with van der Waals surface area (Å²) in [6, 6.07) is 4.75. The summed E-state index contributed by atoms with van der Waals surface area (Å²) < 4.78 is 14.0. The van der Waals surface area contributed by atoms with E-state index < -0.39 is 5.82 Å². The van der Waals surface area contributed by atoms with E-state index >= 15 is 0 Å². The van der Waals surface area contributed by atoms with Gasteiger partial charge in [0.15, 0.2) is 0 Å². The van der Waals surface area contributed by atoms with Crippen molar-refractivity contribution < 1.29 is 9.50 Å². The molecule has 0 spiro atoms. The van der Waals surface area contributed by atoms with Gasteiger partial charge in [-0.05, 0) is 43.9 Å². The molecular formula is C16H18ClFN4OS. The summed E-state index contributed by atoms with van der Waals surface area (Å²) in [5, 5.41) is 13.3. The topological polar surface area (TPSA) is 84.1 Å². The molecule has 1 aromatic carbocycles. The second kappa shape index (κ2) is 7.55. The number of hydrogen-bond acceptors (Lipinski definition) is 6. The Morgan fingerprint density at radius 3 is 2.71 bits per heavy atom. The van der Waals surface area contributed by atoms with Crippen molar-refractivity contribution >= 4 is 35.1 Å². The molecule has 1 saturated carbocycles. The van der Waals surface area contributed by atoms with Gasteiger partial charge in [0, 0.05) is 22.2 Å². The molecule has 4 N–H and O–H groups in total. The van der Waals surface area contributed by atoms with E-state index in [1.54, 1.807) is 18.3 Å². The third-order valence-corrected chi connectivity index (χ3v) is 5.23. The summed E-state index contributed by atoms with van der Waals surface area (Å²) in [4.78, 5) is 9.39. The van der Waals surface area contributed by atoms with Gasteiger partial charge in [-0.15, -0.1) is 0 Å². The predicted octanol–water partition coefficient (Wildman–Crippen LogP) is 3.72. The summed E-state index contributed by atoms with van der Waals surface area (Å²) >= 11 is 7.01. The quantitative estimate of drug-likeness (QED) is 0.762. The van der Waals surface area contributed by atoms with Crippen LogP contribution in [0.1, 0.15) is 25.7 Å². The standard InChI is InChI=1S/C16H18ClFN4OS/c17-9-1-6-13(12(18)7-9)24-14-8-20-16(19)22-15(14)21-10-2-4-11(23)5-3-10/h1,6-8,10-11,23H,2-5H2,(H3,19,20,21,22). The van der Waals surface area contributed by atoms with E-state index in [2.05, 4.69) is 15.3 Å². The van der Waals surface area contributed by atoms with Crippen LogP contribution in [0.15, 0.2) is 34.2 Å². The zero-order chi connectivity index (χ0) is 17.1. The molecule has 1 fully saturated rings. The van der Waals surface area contributed by atoms with Gasteiger partial charge in [0.25, 0.3) is 0 Å². The van der Waals surface area contributed by atoms with Crippen LogP contribution in [0.5, 0.6) is 0 Å². The van der Waals surface area contributed by atoms with Crippen LogP contribution in [0.4, 0.5) is 16.2 Å². The van der Waals surface area contributed by atoms with Gasteiger partial charge in [0.1, 0.15) is 11.6 Å². The number of aromatic nitrogens is 2. The lowest BCUT2D eigenvalue weighted by atomic mass is 9.93. The number of halogens is 2. The van der Waals surface area contributed by atoms with Crippen LogP contribution in [0.3, 0.4) is 0 Å². The maximum atomic E-state index is 14.0. The lowest BCUT2D eigenvalue weighted by Crippen LogP contribution is -2.28. The minimum Gasteiger partial charge on any atom is -0.393 e. The minimum absolute atomic E-state index is 0.161. The smallest absolute Gasteiger partial charge is 0.221 e. The first kappa shape index (κ1) is 17.3. The number of nitrogens with one attached hydrogen (secondary N) is 1. The first-order chi connectivity index (χ1) is 11.5. The number of rotatable bonds is 4. The maximum absolute atomic E-state index is 14.0. The van der Waals surface area contributed by atoms with Crippen LogP contribution in [0.25, 0.3) is 0 Å². The van der Waals surface area contributed by atoms with Gasteiger partial charge in [-0.3, -0.25) is 0 Å². The van der Waals surface area contributed by atoms with E-state index in [4.69, 9.17) is 17.3 Å². The molecule has 0 atom stereocenters. The number of anilines is 2. The monoisotopic (exact) mass is 368 g/mol. The highest BCUT2D eigenvalue weighted by Crippen LogP contribution is 2.35. The van der Waals surface area contributed by atoms with Gasteiger partial charge in [0.05, 0.1) is 11.0 Å². The zero-order valence-electron chi connectivity index (χ0n) is 12.9. The molecular weight excluding hydrogens is 351 g/mol. The fourth-order valence-corrected chi connectivity index (χ4v) is 3.65. The van der Waals surface area contributed by atoms with E-state index in [1.807, 2.05) is 0 Å². The number of hydrogen-bond donors (Lipinski definition) is 3. The van der Waals surface area contributed by atoms with Crippen molar-refractivity contribution in [1.29, 1.82) is 0 Å². The van der Waals surface area contributed by atoms with Crippen LogP contribution >= 0.6 is 23.4 Å². The van der Waals surface area contributed by atoms with Crippen LogP contribution in [-0.2, 0) is 0 Å². The van der Waals surface area contributed by atoms with Crippen LogP contribution in [0, 0.1) is 5.82 Å². The summed E-state index contributed by atoms with van der Waals surface area (Å²) in [7, 11) is 0. The molecule has 1 aliphatic rings. The molecule has 0 bridgehead atoms. The molecule has 0 aliphatic heterocycles. The molecule has 24 heavy (non-hydrogen) atoms. The van der Waals surface area contributed by atoms with E-state index in [0.717, 1.165) is 25.7 Å². The molecule has 1 aromatic heterocycles. The lowest BCUT2D eigenvalue weighted by molar-refractivity contribution is 0.126. The van der Waals surface area contributed by atoms with E-state index in [9.17, 15) is 9.50 Å².